The maximum Gasteiger partial charge on any atom is 0.143 e. The van der Waals surface area contributed by atoms with Crippen LogP contribution >= 0.6 is 0 Å². The van der Waals surface area contributed by atoms with Gasteiger partial charge in [-0.3, -0.25) is 0 Å². The van der Waals surface area contributed by atoms with Gasteiger partial charge in [0.1, 0.15) is 11.2 Å². The number of hydrogen-bond donors (Lipinski definition) is 0. The highest BCUT2D eigenvalue weighted by Gasteiger charge is 2.26. The molecule has 0 atom stereocenters. The van der Waals surface area contributed by atoms with Gasteiger partial charge in [0.05, 0.1) is 0 Å². The lowest BCUT2D eigenvalue weighted by Gasteiger charge is -2.27. The van der Waals surface area contributed by atoms with Gasteiger partial charge in [-0.15, -0.1) is 0 Å². The van der Waals surface area contributed by atoms with E-state index in [1.807, 2.05) is 0 Å². The standard InChI is InChI=1S/C61H41NO/c1-4-16-41(17-5-1)46-24-14-25-50(37-46)62(49-32-30-45(31-33-49)53-28-15-23-43-22-10-11-26-52(43)53)51-34-35-54(56(40-51)44-20-8-3-9-21-44)58-39-48-36-47(42-18-6-2-7-19-42)38-57(48)60-55-27-12-13-29-59(55)63-61(58)60/h1-35,37-40H,36H2. The fourth-order valence-electron chi connectivity index (χ4n) is 9.69. The molecular formula is C61H41NO. The predicted octanol–water partition coefficient (Wildman–Crippen LogP) is 17.0. The summed E-state index contributed by atoms with van der Waals surface area (Å²) in [6, 6.07) is 83.2. The summed E-state index contributed by atoms with van der Waals surface area (Å²) in [7, 11) is 0. The van der Waals surface area contributed by atoms with E-state index in [0.29, 0.717) is 0 Å². The van der Waals surface area contributed by atoms with Crippen molar-refractivity contribution < 1.29 is 4.42 Å². The normalized spacial score (nSPS) is 12.2. The average molecular weight is 804 g/mol. The molecule has 0 unspecified atom stereocenters. The van der Waals surface area contributed by atoms with Crippen LogP contribution in [0.1, 0.15) is 16.7 Å². The summed E-state index contributed by atoms with van der Waals surface area (Å²) in [4.78, 5) is 2.39. The van der Waals surface area contributed by atoms with E-state index in [2.05, 4.69) is 241 Å². The van der Waals surface area contributed by atoms with Crippen LogP contribution in [0.5, 0.6) is 0 Å². The number of furan rings is 1. The summed E-state index contributed by atoms with van der Waals surface area (Å²) in [5.74, 6) is 0. The SMILES string of the molecule is C1=C(c2ccccc2)Cc2cc(-c3ccc(N(c4ccc(-c5cccc6ccccc56)cc4)c4cccc(-c5ccccc5)c4)cc3-c3ccccc3)c3oc4ccccc4c3c21. The van der Waals surface area contributed by atoms with E-state index in [4.69, 9.17) is 4.42 Å². The Morgan fingerprint density at radius 3 is 1.76 bits per heavy atom. The van der Waals surface area contributed by atoms with Crippen molar-refractivity contribution in [1.29, 1.82) is 0 Å². The highest BCUT2D eigenvalue weighted by atomic mass is 16.3. The third kappa shape index (κ3) is 6.52. The summed E-state index contributed by atoms with van der Waals surface area (Å²) >= 11 is 0. The third-order valence-electron chi connectivity index (χ3n) is 12.7. The van der Waals surface area contributed by atoms with Crippen LogP contribution < -0.4 is 4.90 Å². The van der Waals surface area contributed by atoms with Crippen LogP contribution in [0.2, 0.25) is 0 Å². The van der Waals surface area contributed by atoms with Crippen molar-refractivity contribution in [2.45, 2.75) is 6.42 Å². The molecular weight excluding hydrogens is 763 g/mol. The lowest BCUT2D eigenvalue weighted by atomic mass is 9.89. The smallest absolute Gasteiger partial charge is 0.143 e. The van der Waals surface area contributed by atoms with Gasteiger partial charge in [0, 0.05) is 33.4 Å². The molecule has 0 aliphatic heterocycles. The Morgan fingerprint density at radius 2 is 0.968 bits per heavy atom. The van der Waals surface area contributed by atoms with Gasteiger partial charge in [-0.05, 0) is 133 Å². The van der Waals surface area contributed by atoms with Crippen molar-refractivity contribution in [3.63, 3.8) is 0 Å². The zero-order valence-electron chi connectivity index (χ0n) is 34.6. The minimum Gasteiger partial charge on any atom is -0.455 e. The third-order valence-corrected chi connectivity index (χ3v) is 12.7. The zero-order chi connectivity index (χ0) is 41.7. The highest BCUT2D eigenvalue weighted by molar-refractivity contribution is 6.17. The first-order valence-corrected chi connectivity index (χ1v) is 21.7. The van der Waals surface area contributed by atoms with Crippen molar-refractivity contribution in [2.24, 2.45) is 0 Å². The van der Waals surface area contributed by atoms with E-state index in [-0.39, 0.29) is 0 Å². The van der Waals surface area contributed by atoms with Gasteiger partial charge in [-0.25, -0.2) is 0 Å². The number of nitrogens with zero attached hydrogens (tertiary/aromatic N) is 1. The second kappa shape index (κ2) is 15.4. The second-order valence-corrected chi connectivity index (χ2v) is 16.4. The summed E-state index contributed by atoms with van der Waals surface area (Å²) < 4.78 is 6.90. The molecule has 10 aromatic carbocycles. The number of rotatable bonds is 8. The molecule has 1 aliphatic carbocycles. The van der Waals surface area contributed by atoms with Gasteiger partial charge < -0.3 is 9.32 Å². The molecule has 11 aromatic rings. The number of fused-ring (bicyclic) bond motifs is 6. The Kier molecular flexibility index (Phi) is 8.93. The number of allylic oxidation sites excluding steroid dienone is 1. The largest absolute Gasteiger partial charge is 0.455 e. The lowest BCUT2D eigenvalue weighted by Crippen LogP contribution is -2.10. The van der Waals surface area contributed by atoms with Gasteiger partial charge in [-0.1, -0.05) is 182 Å². The maximum absolute atomic E-state index is 6.90. The van der Waals surface area contributed by atoms with Crippen molar-refractivity contribution in [3.05, 3.63) is 247 Å². The Morgan fingerprint density at radius 1 is 0.365 bits per heavy atom. The summed E-state index contributed by atoms with van der Waals surface area (Å²) in [6.45, 7) is 0. The number of para-hydroxylation sites is 1. The highest BCUT2D eigenvalue weighted by Crippen LogP contribution is 2.48. The quantitative estimate of drug-likeness (QED) is 0.152. The fraction of sp³-hybridized carbons (Fsp3) is 0.0164. The summed E-state index contributed by atoms with van der Waals surface area (Å²) in [5, 5.41) is 4.81. The van der Waals surface area contributed by atoms with Gasteiger partial charge in [-0.2, -0.15) is 0 Å². The van der Waals surface area contributed by atoms with E-state index in [1.54, 1.807) is 0 Å². The molecule has 1 aliphatic rings. The predicted molar refractivity (Wildman–Crippen MR) is 266 cm³/mol. The molecule has 0 spiro atoms. The van der Waals surface area contributed by atoms with Gasteiger partial charge in [0.2, 0.25) is 0 Å². The molecule has 0 bridgehead atoms. The van der Waals surface area contributed by atoms with Gasteiger partial charge in [0.15, 0.2) is 0 Å². The molecule has 63 heavy (non-hydrogen) atoms. The van der Waals surface area contributed by atoms with Crippen LogP contribution in [-0.4, -0.2) is 0 Å². The molecule has 0 fully saturated rings. The van der Waals surface area contributed by atoms with Crippen molar-refractivity contribution in [3.8, 4) is 44.5 Å². The van der Waals surface area contributed by atoms with Crippen molar-refractivity contribution >= 4 is 61.4 Å². The Balaban J connectivity index is 1.05. The molecule has 0 N–H and O–H groups in total. The first-order valence-electron chi connectivity index (χ1n) is 21.7. The second-order valence-electron chi connectivity index (χ2n) is 16.4. The van der Waals surface area contributed by atoms with E-state index in [0.717, 1.165) is 62.3 Å². The lowest BCUT2D eigenvalue weighted by molar-refractivity contribution is 0.670. The summed E-state index contributed by atoms with van der Waals surface area (Å²) in [6.07, 6.45) is 3.24. The van der Waals surface area contributed by atoms with Gasteiger partial charge >= 0.3 is 0 Å². The van der Waals surface area contributed by atoms with Gasteiger partial charge in [0.25, 0.3) is 0 Å². The van der Waals surface area contributed by atoms with Crippen LogP contribution in [0, 0.1) is 0 Å². The number of benzene rings is 10. The Bertz CT molecular complexity index is 3500. The van der Waals surface area contributed by atoms with Crippen LogP contribution in [0.4, 0.5) is 17.1 Å². The van der Waals surface area contributed by atoms with E-state index >= 15 is 0 Å². The minimum atomic E-state index is 0.862. The molecule has 2 heteroatoms. The number of anilines is 3. The number of hydrogen-bond acceptors (Lipinski definition) is 2. The van der Waals surface area contributed by atoms with E-state index in [9.17, 15) is 0 Å². The monoisotopic (exact) mass is 803 g/mol. The molecule has 0 saturated carbocycles. The molecule has 0 amide bonds. The Hall–Kier alpha value is -8.20. The van der Waals surface area contributed by atoms with Crippen LogP contribution in [0.25, 0.3) is 88.9 Å². The first kappa shape index (κ1) is 36.6. The summed E-state index contributed by atoms with van der Waals surface area (Å²) in [5.41, 5.74) is 19.5. The van der Waals surface area contributed by atoms with E-state index < -0.39 is 0 Å². The molecule has 1 heterocycles. The molecule has 296 valence electrons. The topological polar surface area (TPSA) is 16.4 Å². The zero-order valence-corrected chi connectivity index (χ0v) is 34.6. The maximum atomic E-state index is 6.90. The minimum absolute atomic E-state index is 0.862. The first-order chi connectivity index (χ1) is 31.2. The van der Waals surface area contributed by atoms with E-state index in [1.165, 1.54) is 60.7 Å². The molecule has 1 aromatic heterocycles. The molecule has 12 rings (SSSR count). The van der Waals surface area contributed by atoms with Crippen molar-refractivity contribution in [1.82, 2.24) is 0 Å². The van der Waals surface area contributed by atoms with Crippen LogP contribution in [0.3, 0.4) is 0 Å². The Labute approximate surface area is 367 Å². The average Bonchev–Trinajstić information content (AvgIpc) is 3.97. The van der Waals surface area contributed by atoms with Crippen molar-refractivity contribution in [2.75, 3.05) is 4.90 Å². The fourth-order valence-corrected chi connectivity index (χ4v) is 9.69. The molecule has 0 radical (unpaired) electrons. The molecule has 2 nitrogen and oxygen atoms in total. The van der Waals surface area contributed by atoms with Crippen LogP contribution in [0.15, 0.2) is 235 Å². The van der Waals surface area contributed by atoms with Crippen LogP contribution in [-0.2, 0) is 6.42 Å². The molecule has 0 saturated heterocycles.